The van der Waals surface area contributed by atoms with Crippen molar-refractivity contribution in [1.82, 2.24) is 0 Å². The summed E-state index contributed by atoms with van der Waals surface area (Å²) in [5, 5.41) is 8.97. The van der Waals surface area contributed by atoms with Gasteiger partial charge in [-0.15, -0.1) is 0 Å². The molecule has 0 aromatic carbocycles. The number of rotatable bonds is 8. The van der Waals surface area contributed by atoms with E-state index in [2.05, 4.69) is 27.7 Å². The van der Waals surface area contributed by atoms with Gasteiger partial charge < -0.3 is 10.8 Å². The van der Waals surface area contributed by atoms with Crippen LogP contribution < -0.4 is 5.73 Å². The fourth-order valence-corrected chi connectivity index (χ4v) is 2.03. The molecule has 3 nitrogen and oxygen atoms in total. The van der Waals surface area contributed by atoms with E-state index < -0.39 is 11.9 Å². The number of nitrogens with two attached hydrogens (primary N) is 1. The maximum absolute atomic E-state index is 10.9. The summed E-state index contributed by atoms with van der Waals surface area (Å²) in [7, 11) is 0. The lowest BCUT2D eigenvalue weighted by Crippen LogP contribution is -2.29. The Morgan fingerprint density at radius 3 is 2.31 bits per heavy atom. The minimum atomic E-state index is -0.764. The average Bonchev–Trinajstić information content (AvgIpc) is 2.12. The van der Waals surface area contributed by atoms with Crippen molar-refractivity contribution in [3.8, 4) is 0 Å². The van der Waals surface area contributed by atoms with Crippen LogP contribution in [0.25, 0.3) is 0 Å². The molecule has 0 aliphatic heterocycles. The molecule has 0 saturated carbocycles. The molecule has 0 bridgehead atoms. The smallest absolute Gasteiger partial charge is 0.307 e. The molecule has 16 heavy (non-hydrogen) atoms. The van der Waals surface area contributed by atoms with E-state index in [-0.39, 0.29) is 12.0 Å². The molecule has 0 heterocycles. The molecule has 1 atom stereocenters. The molecule has 0 fully saturated rings. The van der Waals surface area contributed by atoms with Gasteiger partial charge in [-0.25, -0.2) is 0 Å². The average molecular weight is 229 g/mol. The SMILES string of the molecule is CC(C)CCCC(C)(C)CC(CN)C(=O)O. The van der Waals surface area contributed by atoms with E-state index in [0.717, 1.165) is 12.3 Å². The minimum Gasteiger partial charge on any atom is -0.481 e. The third-order valence-electron chi connectivity index (χ3n) is 3.07. The third-order valence-corrected chi connectivity index (χ3v) is 3.07. The summed E-state index contributed by atoms with van der Waals surface area (Å²) in [5.41, 5.74) is 5.56. The zero-order chi connectivity index (χ0) is 12.8. The van der Waals surface area contributed by atoms with E-state index in [9.17, 15) is 4.79 Å². The molecular formula is C13H27NO2. The van der Waals surface area contributed by atoms with Crippen molar-refractivity contribution in [3.63, 3.8) is 0 Å². The van der Waals surface area contributed by atoms with E-state index in [1.165, 1.54) is 12.8 Å². The predicted molar refractivity (Wildman–Crippen MR) is 67.3 cm³/mol. The van der Waals surface area contributed by atoms with Gasteiger partial charge in [0.1, 0.15) is 0 Å². The van der Waals surface area contributed by atoms with Crippen LogP contribution >= 0.6 is 0 Å². The van der Waals surface area contributed by atoms with E-state index >= 15 is 0 Å². The lowest BCUT2D eigenvalue weighted by Gasteiger charge is -2.27. The molecule has 96 valence electrons. The van der Waals surface area contributed by atoms with Crippen molar-refractivity contribution in [2.75, 3.05) is 6.54 Å². The first-order valence-electron chi connectivity index (χ1n) is 6.21. The van der Waals surface area contributed by atoms with Gasteiger partial charge in [0, 0.05) is 6.54 Å². The van der Waals surface area contributed by atoms with Crippen molar-refractivity contribution < 1.29 is 9.90 Å². The minimum absolute atomic E-state index is 0.0807. The van der Waals surface area contributed by atoms with Gasteiger partial charge in [-0.3, -0.25) is 4.79 Å². The van der Waals surface area contributed by atoms with Crippen LogP contribution in [0, 0.1) is 17.3 Å². The molecule has 0 aliphatic carbocycles. The monoisotopic (exact) mass is 229 g/mol. The Labute approximate surface area is 99.4 Å². The lowest BCUT2D eigenvalue weighted by atomic mass is 9.78. The number of carboxylic acids is 1. The van der Waals surface area contributed by atoms with E-state index in [1.807, 2.05) is 0 Å². The molecule has 0 saturated heterocycles. The lowest BCUT2D eigenvalue weighted by molar-refractivity contribution is -0.142. The van der Waals surface area contributed by atoms with Crippen molar-refractivity contribution in [3.05, 3.63) is 0 Å². The van der Waals surface area contributed by atoms with Crippen LogP contribution in [0.15, 0.2) is 0 Å². The number of hydrogen-bond acceptors (Lipinski definition) is 2. The Morgan fingerprint density at radius 2 is 1.94 bits per heavy atom. The number of aliphatic carboxylic acids is 1. The van der Waals surface area contributed by atoms with E-state index in [0.29, 0.717) is 6.42 Å². The first-order valence-corrected chi connectivity index (χ1v) is 6.21. The van der Waals surface area contributed by atoms with Gasteiger partial charge in [0.05, 0.1) is 5.92 Å². The van der Waals surface area contributed by atoms with Crippen LogP contribution in [0.3, 0.4) is 0 Å². The second-order valence-corrected chi connectivity index (χ2v) is 5.93. The quantitative estimate of drug-likeness (QED) is 0.672. The van der Waals surface area contributed by atoms with Crippen LogP contribution in [-0.2, 0) is 4.79 Å². The maximum Gasteiger partial charge on any atom is 0.307 e. The Balaban J connectivity index is 4.06. The number of carboxylic acid groups (broad SMARTS) is 1. The second-order valence-electron chi connectivity index (χ2n) is 5.93. The first-order chi connectivity index (χ1) is 7.28. The Hall–Kier alpha value is -0.570. The normalized spacial score (nSPS) is 14.1. The summed E-state index contributed by atoms with van der Waals surface area (Å²) in [6.07, 6.45) is 4.14. The van der Waals surface area contributed by atoms with Gasteiger partial charge in [-0.1, -0.05) is 40.5 Å². The third kappa shape index (κ3) is 6.83. The molecule has 3 N–H and O–H groups in total. The molecule has 0 radical (unpaired) electrons. The molecule has 0 rings (SSSR count). The zero-order valence-corrected chi connectivity index (χ0v) is 11.1. The zero-order valence-electron chi connectivity index (χ0n) is 11.1. The summed E-state index contributed by atoms with van der Waals surface area (Å²) < 4.78 is 0. The van der Waals surface area contributed by atoms with E-state index in [1.54, 1.807) is 0 Å². The molecule has 0 amide bonds. The number of carbonyl (C=O) groups is 1. The summed E-state index contributed by atoms with van der Waals surface area (Å²) in [4.78, 5) is 10.9. The van der Waals surface area contributed by atoms with Crippen LogP contribution in [0.1, 0.15) is 53.4 Å². The molecular weight excluding hydrogens is 202 g/mol. The highest BCUT2D eigenvalue weighted by atomic mass is 16.4. The Morgan fingerprint density at radius 1 is 1.38 bits per heavy atom. The molecule has 0 aromatic rings. The molecule has 0 aliphatic rings. The van der Waals surface area contributed by atoms with E-state index in [4.69, 9.17) is 10.8 Å². The summed E-state index contributed by atoms with van der Waals surface area (Å²) in [6.45, 7) is 8.95. The van der Waals surface area contributed by atoms with Gasteiger partial charge in [0.25, 0.3) is 0 Å². The van der Waals surface area contributed by atoms with Gasteiger partial charge in [0.15, 0.2) is 0 Å². The van der Waals surface area contributed by atoms with Crippen molar-refractivity contribution in [2.45, 2.75) is 53.4 Å². The maximum atomic E-state index is 10.9. The van der Waals surface area contributed by atoms with Crippen molar-refractivity contribution in [1.29, 1.82) is 0 Å². The standard InChI is InChI=1S/C13H27NO2/c1-10(2)6-5-7-13(3,4)8-11(9-14)12(15)16/h10-11H,5-9,14H2,1-4H3,(H,15,16). The fraction of sp³-hybridized carbons (Fsp3) is 0.923. The Bertz CT molecular complexity index is 212. The van der Waals surface area contributed by atoms with Crippen LogP contribution in [0.4, 0.5) is 0 Å². The first kappa shape index (κ1) is 15.4. The van der Waals surface area contributed by atoms with Crippen LogP contribution in [0.5, 0.6) is 0 Å². The van der Waals surface area contributed by atoms with Crippen molar-refractivity contribution in [2.24, 2.45) is 23.0 Å². The Kier molecular flexibility index (Phi) is 6.65. The van der Waals surface area contributed by atoms with Crippen LogP contribution in [0.2, 0.25) is 0 Å². The van der Waals surface area contributed by atoms with Gasteiger partial charge >= 0.3 is 5.97 Å². The van der Waals surface area contributed by atoms with Gasteiger partial charge in [-0.2, -0.15) is 0 Å². The second kappa shape index (κ2) is 6.89. The highest BCUT2D eigenvalue weighted by molar-refractivity contribution is 5.70. The van der Waals surface area contributed by atoms with Gasteiger partial charge in [0.2, 0.25) is 0 Å². The largest absolute Gasteiger partial charge is 0.481 e. The summed E-state index contributed by atoms with van der Waals surface area (Å²) >= 11 is 0. The molecule has 1 unspecified atom stereocenters. The predicted octanol–water partition coefficient (Wildman–Crippen LogP) is 2.89. The summed E-state index contributed by atoms with van der Waals surface area (Å²) in [5.74, 6) is -0.436. The van der Waals surface area contributed by atoms with Gasteiger partial charge in [-0.05, 0) is 24.2 Å². The van der Waals surface area contributed by atoms with Crippen LogP contribution in [-0.4, -0.2) is 17.6 Å². The highest BCUT2D eigenvalue weighted by Gasteiger charge is 2.26. The van der Waals surface area contributed by atoms with Crippen molar-refractivity contribution >= 4 is 5.97 Å². The fourth-order valence-electron chi connectivity index (χ4n) is 2.03. The molecule has 3 heteroatoms. The molecule has 0 spiro atoms. The molecule has 0 aromatic heterocycles. The highest BCUT2D eigenvalue weighted by Crippen LogP contribution is 2.31. The topological polar surface area (TPSA) is 63.3 Å². The summed E-state index contributed by atoms with van der Waals surface area (Å²) in [6, 6.07) is 0. The number of hydrogen-bond donors (Lipinski definition) is 2.